The largest absolute Gasteiger partial charge is 0.454 e. The number of ether oxygens (including phenoxy) is 1. The lowest BCUT2D eigenvalue weighted by Gasteiger charge is -2.05. The van der Waals surface area contributed by atoms with Gasteiger partial charge in [0.05, 0.1) is 5.56 Å². The summed E-state index contributed by atoms with van der Waals surface area (Å²) in [4.78, 5) is 15.5. The normalized spacial score (nSPS) is 10.3. The molecule has 0 spiro atoms. The second kappa shape index (κ2) is 4.82. The first-order valence-electron chi connectivity index (χ1n) is 5.13. The predicted molar refractivity (Wildman–Crippen MR) is 60.9 cm³/mol. The van der Waals surface area contributed by atoms with E-state index in [2.05, 4.69) is 10.1 Å². The quantitative estimate of drug-likeness (QED) is 0.646. The zero-order valence-electron chi connectivity index (χ0n) is 9.63. The number of hydrogen-bond acceptors (Lipinski definition) is 5. The summed E-state index contributed by atoms with van der Waals surface area (Å²) in [5.41, 5.74) is 5.47. The van der Waals surface area contributed by atoms with Crippen molar-refractivity contribution in [2.75, 3.05) is 5.73 Å². The molecule has 0 atom stereocenters. The van der Waals surface area contributed by atoms with E-state index in [1.165, 1.54) is 23.1 Å². The van der Waals surface area contributed by atoms with E-state index in [1.54, 1.807) is 7.05 Å². The molecule has 0 unspecified atom stereocenters. The Kier molecular flexibility index (Phi) is 3.22. The molecule has 2 N–H and O–H groups in total. The minimum atomic E-state index is -0.768. The first kappa shape index (κ1) is 12.0. The molecule has 0 saturated heterocycles. The third-order valence-electron chi connectivity index (χ3n) is 2.35. The van der Waals surface area contributed by atoms with E-state index in [0.29, 0.717) is 5.82 Å². The lowest BCUT2D eigenvalue weighted by Crippen LogP contribution is -2.10. The van der Waals surface area contributed by atoms with E-state index in [-0.39, 0.29) is 17.9 Å². The number of halogens is 1. The Morgan fingerprint density at radius 3 is 2.94 bits per heavy atom. The molecule has 0 saturated carbocycles. The van der Waals surface area contributed by atoms with Crippen LogP contribution < -0.4 is 5.73 Å². The summed E-state index contributed by atoms with van der Waals surface area (Å²) in [6.45, 7) is -0.0703. The standard InChI is InChI=1S/C11H11FN4O2/c1-16-10(14-6-15-16)5-18-11(17)8-3-2-7(13)4-9(8)12/h2-4,6H,5,13H2,1H3. The topological polar surface area (TPSA) is 83.0 Å². The number of nitrogens with two attached hydrogens (primary N) is 1. The van der Waals surface area contributed by atoms with Gasteiger partial charge in [-0.2, -0.15) is 5.10 Å². The first-order valence-corrected chi connectivity index (χ1v) is 5.13. The van der Waals surface area contributed by atoms with Crippen molar-refractivity contribution in [3.8, 4) is 0 Å². The molecule has 1 aromatic carbocycles. The van der Waals surface area contributed by atoms with Crippen LogP contribution >= 0.6 is 0 Å². The number of aromatic nitrogens is 3. The molecule has 1 aromatic heterocycles. The fraction of sp³-hybridized carbons (Fsp3) is 0.182. The number of carbonyl (C=O) groups excluding carboxylic acids is 1. The van der Waals surface area contributed by atoms with Crippen molar-refractivity contribution in [3.05, 3.63) is 41.7 Å². The van der Waals surface area contributed by atoms with Crippen molar-refractivity contribution < 1.29 is 13.9 Å². The van der Waals surface area contributed by atoms with Crippen molar-refractivity contribution in [2.24, 2.45) is 7.05 Å². The molecule has 6 nitrogen and oxygen atoms in total. The molecule has 0 aliphatic rings. The summed E-state index contributed by atoms with van der Waals surface area (Å²) in [6.07, 6.45) is 1.34. The molecule has 1 heterocycles. The molecule has 0 aliphatic heterocycles. The maximum atomic E-state index is 13.4. The minimum Gasteiger partial charge on any atom is -0.454 e. The number of carbonyl (C=O) groups is 1. The molecule has 0 amide bonds. The van der Waals surface area contributed by atoms with Crippen molar-refractivity contribution >= 4 is 11.7 Å². The Hall–Kier alpha value is -2.44. The minimum absolute atomic E-state index is 0.0703. The number of hydrogen-bond donors (Lipinski definition) is 1. The highest BCUT2D eigenvalue weighted by molar-refractivity contribution is 5.90. The lowest BCUT2D eigenvalue weighted by molar-refractivity contribution is 0.0453. The second-order valence-electron chi connectivity index (χ2n) is 3.62. The van der Waals surface area contributed by atoms with Gasteiger partial charge < -0.3 is 10.5 Å². The molecule has 2 rings (SSSR count). The van der Waals surface area contributed by atoms with E-state index in [4.69, 9.17) is 10.5 Å². The maximum absolute atomic E-state index is 13.4. The summed E-state index contributed by atoms with van der Waals surface area (Å²) in [5.74, 6) is -1.01. The fourth-order valence-electron chi connectivity index (χ4n) is 1.36. The number of benzene rings is 1. The average molecular weight is 250 g/mol. The van der Waals surface area contributed by atoms with Gasteiger partial charge in [0, 0.05) is 12.7 Å². The molecule has 0 aliphatic carbocycles. The third-order valence-corrected chi connectivity index (χ3v) is 2.35. The van der Waals surface area contributed by atoms with Gasteiger partial charge in [0.2, 0.25) is 0 Å². The van der Waals surface area contributed by atoms with Crippen LogP contribution in [0.1, 0.15) is 16.2 Å². The van der Waals surface area contributed by atoms with Gasteiger partial charge in [0.15, 0.2) is 12.4 Å². The van der Waals surface area contributed by atoms with Gasteiger partial charge in [-0.1, -0.05) is 0 Å². The van der Waals surface area contributed by atoms with Crippen LogP contribution in [0.5, 0.6) is 0 Å². The van der Waals surface area contributed by atoms with Crippen LogP contribution in [0.25, 0.3) is 0 Å². The van der Waals surface area contributed by atoms with E-state index < -0.39 is 11.8 Å². The van der Waals surface area contributed by atoms with Gasteiger partial charge in [-0.3, -0.25) is 4.68 Å². The first-order chi connectivity index (χ1) is 8.58. The van der Waals surface area contributed by atoms with Crippen LogP contribution in [0.3, 0.4) is 0 Å². The molecular weight excluding hydrogens is 239 g/mol. The summed E-state index contributed by atoms with van der Waals surface area (Å²) in [6, 6.07) is 3.78. The van der Waals surface area contributed by atoms with E-state index in [9.17, 15) is 9.18 Å². The van der Waals surface area contributed by atoms with Crippen molar-refractivity contribution in [1.82, 2.24) is 14.8 Å². The van der Waals surface area contributed by atoms with Gasteiger partial charge in [0.1, 0.15) is 12.1 Å². The van der Waals surface area contributed by atoms with Gasteiger partial charge >= 0.3 is 5.97 Å². The smallest absolute Gasteiger partial charge is 0.341 e. The summed E-state index contributed by atoms with van der Waals surface area (Å²) in [7, 11) is 1.67. The van der Waals surface area contributed by atoms with E-state index in [0.717, 1.165) is 6.07 Å². The van der Waals surface area contributed by atoms with Gasteiger partial charge in [-0.15, -0.1) is 0 Å². The number of nitrogens with zero attached hydrogens (tertiary/aromatic N) is 3. The Morgan fingerprint density at radius 2 is 2.33 bits per heavy atom. The maximum Gasteiger partial charge on any atom is 0.341 e. The van der Waals surface area contributed by atoms with Crippen LogP contribution in [0, 0.1) is 5.82 Å². The molecule has 2 aromatic rings. The summed E-state index contributed by atoms with van der Waals surface area (Å²) < 4.78 is 19.8. The number of anilines is 1. The highest BCUT2D eigenvalue weighted by Gasteiger charge is 2.14. The van der Waals surface area contributed by atoms with Crippen molar-refractivity contribution in [3.63, 3.8) is 0 Å². The monoisotopic (exact) mass is 250 g/mol. The van der Waals surface area contributed by atoms with Crippen LogP contribution in [-0.4, -0.2) is 20.7 Å². The highest BCUT2D eigenvalue weighted by Crippen LogP contribution is 2.13. The second-order valence-corrected chi connectivity index (χ2v) is 3.62. The lowest BCUT2D eigenvalue weighted by atomic mass is 10.2. The number of nitrogen functional groups attached to an aromatic ring is 1. The zero-order valence-corrected chi connectivity index (χ0v) is 9.63. The van der Waals surface area contributed by atoms with E-state index in [1.807, 2.05) is 0 Å². The molecule has 0 bridgehead atoms. The van der Waals surface area contributed by atoms with Gasteiger partial charge in [-0.05, 0) is 18.2 Å². The van der Waals surface area contributed by atoms with Crippen LogP contribution in [0.2, 0.25) is 0 Å². The molecule has 0 fully saturated rings. The Balaban J connectivity index is 2.06. The Bertz CT molecular complexity index is 582. The van der Waals surface area contributed by atoms with Crippen molar-refractivity contribution in [2.45, 2.75) is 6.61 Å². The third kappa shape index (κ3) is 2.45. The molecule has 0 radical (unpaired) electrons. The molecule has 18 heavy (non-hydrogen) atoms. The van der Waals surface area contributed by atoms with Crippen LogP contribution in [0.15, 0.2) is 24.5 Å². The SMILES string of the molecule is Cn1ncnc1COC(=O)c1ccc(N)cc1F. The predicted octanol–water partition coefficient (Wildman–Crippen LogP) is 0.893. The number of rotatable bonds is 3. The van der Waals surface area contributed by atoms with Gasteiger partial charge in [0.25, 0.3) is 0 Å². The van der Waals surface area contributed by atoms with Gasteiger partial charge in [-0.25, -0.2) is 14.2 Å². The summed E-state index contributed by atoms with van der Waals surface area (Å²) in [5, 5.41) is 3.82. The Morgan fingerprint density at radius 1 is 1.56 bits per heavy atom. The summed E-state index contributed by atoms with van der Waals surface area (Å²) >= 11 is 0. The average Bonchev–Trinajstić information content (AvgIpc) is 2.72. The molecular formula is C11H11FN4O2. The number of aryl methyl sites for hydroxylation is 1. The van der Waals surface area contributed by atoms with Crippen LogP contribution in [-0.2, 0) is 18.4 Å². The van der Waals surface area contributed by atoms with Crippen molar-refractivity contribution in [1.29, 1.82) is 0 Å². The Labute approximate surface area is 102 Å². The van der Waals surface area contributed by atoms with Crippen LogP contribution in [0.4, 0.5) is 10.1 Å². The van der Waals surface area contributed by atoms with E-state index >= 15 is 0 Å². The molecule has 94 valence electrons. The highest BCUT2D eigenvalue weighted by atomic mass is 19.1. The fourth-order valence-corrected chi connectivity index (χ4v) is 1.36. The zero-order chi connectivity index (χ0) is 13.1. The number of esters is 1. The molecule has 7 heteroatoms.